The molecule has 0 radical (unpaired) electrons. The zero-order valence-corrected chi connectivity index (χ0v) is 14.9. The molecule has 0 fully saturated rings. The van der Waals surface area contributed by atoms with Crippen molar-refractivity contribution in [3.8, 4) is 0 Å². The molecular weight excluding hydrogens is 362 g/mol. The molecule has 7 nitrogen and oxygen atoms in total. The summed E-state index contributed by atoms with van der Waals surface area (Å²) in [6, 6.07) is 8.13. The minimum absolute atomic E-state index is 0.0288. The fourth-order valence-electron chi connectivity index (χ4n) is 2.40. The lowest BCUT2D eigenvalue weighted by Gasteiger charge is -2.04. The van der Waals surface area contributed by atoms with Crippen LogP contribution in [0.1, 0.15) is 12.0 Å². The third-order valence-electron chi connectivity index (χ3n) is 3.60. The van der Waals surface area contributed by atoms with Gasteiger partial charge in [-0.25, -0.2) is 17.9 Å². The van der Waals surface area contributed by atoms with Crippen LogP contribution in [0, 0.1) is 0 Å². The van der Waals surface area contributed by atoms with Crippen molar-refractivity contribution < 1.29 is 18.3 Å². The van der Waals surface area contributed by atoms with Crippen molar-refractivity contribution in [1.29, 1.82) is 0 Å². The van der Waals surface area contributed by atoms with Gasteiger partial charge in [-0.3, -0.25) is 4.79 Å². The monoisotopic (exact) mass is 377 g/mol. The highest BCUT2D eigenvalue weighted by molar-refractivity contribution is 7.99. The maximum absolute atomic E-state index is 13.0. The van der Waals surface area contributed by atoms with Crippen molar-refractivity contribution in [2.75, 3.05) is 6.26 Å². The number of nitrogens with zero attached hydrogens (tertiary/aromatic N) is 3. The average Bonchev–Trinajstić information content (AvgIpc) is 2.99. The second kappa shape index (κ2) is 6.85. The number of aryl methyl sites for hydroxylation is 1. The number of carboxylic acids is 1. The molecule has 130 valence electrons. The Morgan fingerprint density at radius 2 is 2.00 bits per heavy atom. The SMILES string of the molecule is CSc1nn2cc(CCC(=O)O)cnc2c1S(=O)(=O)c1ccccc1. The van der Waals surface area contributed by atoms with Crippen LogP contribution in [-0.2, 0) is 21.1 Å². The summed E-state index contributed by atoms with van der Waals surface area (Å²) in [4.78, 5) is 15.2. The summed E-state index contributed by atoms with van der Waals surface area (Å²) in [5.41, 5.74) is 0.904. The van der Waals surface area contributed by atoms with Gasteiger partial charge < -0.3 is 5.11 Å². The van der Waals surface area contributed by atoms with Gasteiger partial charge in [0.05, 0.1) is 4.90 Å². The molecule has 0 unspecified atom stereocenters. The molecule has 9 heteroatoms. The maximum Gasteiger partial charge on any atom is 0.303 e. The van der Waals surface area contributed by atoms with E-state index in [4.69, 9.17) is 5.11 Å². The third-order valence-corrected chi connectivity index (χ3v) is 6.20. The lowest BCUT2D eigenvalue weighted by molar-refractivity contribution is -0.136. The molecule has 1 aromatic carbocycles. The Morgan fingerprint density at radius 1 is 1.28 bits per heavy atom. The molecule has 0 atom stereocenters. The highest BCUT2D eigenvalue weighted by Crippen LogP contribution is 2.32. The molecule has 1 N–H and O–H groups in total. The average molecular weight is 377 g/mol. The van der Waals surface area contributed by atoms with Crippen LogP contribution in [0.25, 0.3) is 5.65 Å². The third kappa shape index (κ3) is 3.38. The zero-order chi connectivity index (χ0) is 18.0. The Kier molecular flexibility index (Phi) is 4.78. The first-order valence-electron chi connectivity index (χ1n) is 7.36. The standard InChI is InChI=1S/C16H15N3O4S2/c1-24-16-14(25(22,23)12-5-3-2-4-6-12)15-17-9-11(7-8-13(20)21)10-19(15)18-16/h2-6,9-10H,7-8H2,1H3,(H,20,21). The van der Waals surface area contributed by atoms with Crippen LogP contribution in [-0.4, -0.2) is 40.3 Å². The number of carbonyl (C=O) groups is 1. The van der Waals surface area contributed by atoms with Gasteiger partial charge in [0.15, 0.2) is 10.5 Å². The van der Waals surface area contributed by atoms with Crippen molar-refractivity contribution in [3.63, 3.8) is 0 Å². The Labute approximate surface area is 148 Å². The van der Waals surface area contributed by atoms with E-state index in [-0.39, 0.29) is 21.9 Å². The molecule has 0 aliphatic heterocycles. The number of aliphatic carboxylic acids is 1. The summed E-state index contributed by atoms with van der Waals surface area (Å²) in [6.45, 7) is 0. The molecule has 25 heavy (non-hydrogen) atoms. The van der Waals surface area contributed by atoms with Gasteiger partial charge in [0, 0.05) is 18.8 Å². The van der Waals surface area contributed by atoms with Gasteiger partial charge in [0.25, 0.3) is 0 Å². The topological polar surface area (TPSA) is 102 Å². The molecule has 0 spiro atoms. The van der Waals surface area contributed by atoms with E-state index < -0.39 is 15.8 Å². The van der Waals surface area contributed by atoms with Crippen LogP contribution < -0.4 is 0 Å². The number of rotatable bonds is 6. The van der Waals surface area contributed by atoms with Gasteiger partial charge in [-0.2, -0.15) is 5.10 Å². The van der Waals surface area contributed by atoms with E-state index in [0.717, 1.165) is 0 Å². The molecule has 0 aliphatic rings. The van der Waals surface area contributed by atoms with Crippen LogP contribution >= 0.6 is 11.8 Å². The van der Waals surface area contributed by atoms with Crippen molar-refractivity contribution in [3.05, 3.63) is 48.3 Å². The lowest BCUT2D eigenvalue weighted by atomic mass is 10.2. The van der Waals surface area contributed by atoms with Crippen molar-refractivity contribution >= 4 is 33.2 Å². The zero-order valence-electron chi connectivity index (χ0n) is 13.3. The molecule has 0 aliphatic carbocycles. The van der Waals surface area contributed by atoms with Crippen LogP contribution in [0.5, 0.6) is 0 Å². The molecule has 0 saturated heterocycles. The molecule has 0 saturated carbocycles. The number of sulfone groups is 1. The van der Waals surface area contributed by atoms with Crippen LogP contribution in [0.2, 0.25) is 0 Å². The Hall–Kier alpha value is -2.39. The molecule has 3 rings (SSSR count). The summed E-state index contributed by atoms with van der Waals surface area (Å²) >= 11 is 1.22. The van der Waals surface area contributed by atoms with Crippen LogP contribution in [0.4, 0.5) is 0 Å². The minimum Gasteiger partial charge on any atom is -0.481 e. The van der Waals surface area contributed by atoms with Gasteiger partial charge in [-0.05, 0) is 30.4 Å². The van der Waals surface area contributed by atoms with Gasteiger partial charge >= 0.3 is 5.97 Å². The van der Waals surface area contributed by atoms with E-state index in [0.29, 0.717) is 17.0 Å². The Morgan fingerprint density at radius 3 is 2.64 bits per heavy atom. The highest BCUT2D eigenvalue weighted by atomic mass is 32.2. The summed E-state index contributed by atoms with van der Waals surface area (Å²) in [5, 5.41) is 13.4. The molecular formula is C16H15N3O4S2. The smallest absolute Gasteiger partial charge is 0.303 e. The van der Waals surface area contributed by atoms with E-state index in [1.54, 1.807) is 30.7 Å². The fraction of sp³-hybridized carbons (Fsp3) is 0.188. The first-order valence-corrected chi connectivity index (χ1v) is 10.1. The molecule has 3 aromatic rings. The number of thioether (sulfide) groups is 1. The normalized spacial score (nSPS) is 11.7. The van der Waals surface area contributed by atoms with Gasteiger partial charge in [0.2, 0.25) is 9.84 Å². The van der Waals surface area contributed by atoms with E-state index in [2.05, 4.69) is 10.1 Å². The predicted octanol–water partition coefficient (Wildman–Crippen LogP) is 2.30. The van der Waals surface area contributed by atoms with Gasteiger partial charge in [0.1, 0.15) is 5.03 Å². The Bertz CT molecular complexity index is 1030. The van der Waals surface area contributed by atoms with Crippen molar-refractivity contribution in [2.45, 2.75) is 27.7 Å². The first kappa shape index (κ1) is 17.4. The summed E-state index contributed by atoms with van der Waals surface area (Å²) in [6.07, 6.45) is 5.13. The number of aromatic nitrogens is 3. The van der Waals surface area contributed by atoms with E-state index >= 15 is 0 Å². The number of carboxylic acid groups (broad SMARTS) is 1. The summed E-state index contributed by atoms with van der Waals surface area (Å²) in [7, 11) is -3.76. The molecule has 0 bridgehead atoms. The van der Waals surface area contributed by atoms with E-state index in [1.165, 1.54) is 34.6 Å². The quantitative estimate of drug-likeness (QED) is 0.658. The van der Waals surface area contributed by atoms with Crippen LogP contribution in [0.3, 0.4) is 0 Å². The van der Waals surface area contributed by atoms with Gasteiger partial charge in [-0.15, -0.1) is 11.8 Å². The first-order chi connectivity index (χ1) is 11.9. The molecule has 2 aromatic heterocycles. The van der Waals surface area contributed by atoms with Gasteiger partial charge in [-0.1, -0.05) is 18.2 Å². The van der Waals surface area contributed by atoms with E-state index in [9.17, 15) is 13.2 Å². The van der Waals surface area contributed by atoms with E-state index in [1.807, 2.05) is 0 Å². The number of hydrogen-bond donors (Lipinski definition) is 1. The highest BCUT2D eigenvalue weighted by Gasteiger charge is 2.28. The van der Waals surface area contributed by atoms with Crippen molar-refractivity contribution in [1.82, 2.24) is 14.6 Å². The lowest BCUT2D eigenvalue weighted by Crippen LogP contribution is -2.04. The second-order valence-corrected chi connectivity index (χ2v) is 7.96. The predicted molar refractivity (Wildman–Crippen MR) is 92.6 cm³/mol. The molecule has 2 heterocycles. The summed E-state index contributed by atoms with van der Waals surface area (Å²) in [5.74, 6) is -0.905. The fourth-order valence-corrected chi connectivity index (χ4v) is 4.83. The largest absolute Gasteiger partial charge is 0.481 e. The number of hydrogen-bond acceptors (Lipinski definition) is 6. The van der Waals surface area contributed by atoms with Crippen molar-refractivity contribution in [2.24, 2.45) is 0 Å². The minimum atomic E-state index is -3.76. The summed E-state index contributed by atoms with van der Waals surface area (Å²) < 4.78 is 27.4. The Balaban J connectivity index is 2.13. The molecule has 0 amide bonds. The second-order valence-electron chi connectivity index (χ2n) is 5.28. The maximum atomic E-state index is 13.0. The number of benzene rings is 1. The van der Waals surface area contributed by atoms with Crippen LogP contribution in [0.15, 0.2) is 57.5 Å². The number of fused-ring (bicyclic) bond motifs is 1.